The third kappa shape index (κ3) is 1.44. The molecule has 0 spiro atoms. The molecule has 1 N–H and O–H groups in total. The van der Waals surface area contributed by atoms with Crippen LogP contribution in [-0.2, 0) is 0 Å². The van der Waals surface area contributed by atoms with E-state index in [2.05, 4.69) is 9.97 Å². The highest BCUT2D eigenvalue weighted by Gasteiger charge is 2.11. The van der Waals surface area contributed by atoms with Crippen LogP contribution in [0.2, 0.25) is 0 Å². The zero-order chi connectivity index (χ0) is 11.0. The Labute approximate surface area is 95.8 Å². The lowest BCUT2D eigenvalue weighted by molar-refractivity contribution is 0.103. The Morgan fingerprint density at radius 3 is 3.00 bits per heavy atom. The van der Waals surface area contributed by atoms with Gasteiger partial charge in [-0.05, 0) is 29.6 Å². The van der Waals surface area contributed by atoms with E-state index in [0.29, 0.717) is 5.69 Å². The number of hydrogen-bond donors (Lipinski definition) is 1. The SMILES string of the molecule is O=C(c1ccc2cc[nH]c2n1)c1cccs1. The molecule has 0 aliphatic carbocycles. The van der Waals surface area contributed by atoms with Crippen molar-refractivity contribution in [3.63, 3.8) is 0 Å². The summed E-state index contributed by atoms with van der Waals surface area (Å²) in [5, 5.41) is 2.91. The summed E-state index contributed by atoms with van der Waals surface area (Å²) < 4.78 is 0. The van der Waals surface area contributed by atoms with Crippen LogP contribution in [0.15, 0.2) is 41.9 Å². The second-order valence-corrected chi connectivity index (χ2v) is 4.37. The maximum Gasteiger partial charge on any atom is 0.221 e. The van der Waals surface area contributed by atoms with E-state index in [0.717, 1.165) is 15.9 Å². The predicted octanol–water partition coefficient (Wildman–Crippen LogP) is 2.86. The van der Waals surface area contributed by atoms with Gasteiger partial charge < -0.3 is 4.98 Å². The first kappa shape index (κ1) is 9.30. The molecule has 0 aliphatic rings. The summed E-state index contributed by atoms with van der Waals surface area (Å²) in [5.41, 5.74) is 1.24. The van der Waals surface area contributed by atoms with E-state index in [1.54, 1.807) is 6.07 Å². The Bertz CT molecular complexity index is 640. The lowest BCUT2D eigenvalue weighted by atomic mass is 10.2. The molecule has 3 nitrogen and oxygen atoms in total. The smallest absolute Gasteiger partial charge is 0.221 e. The number of carbonyl (C=O) groups excluding carboxylic acids is 1. The van der Waals surface area contributed by atoms with Crippen molar-refractivity contribution in [2.45, 2.75) is 0 Å². The van der Waals surface area contributed by atoms with Crippen LogP contribution in [0.4, 0.5) is 0 Å². The van der Waals surface area contributed by atoms with Crippen LogP contribution in [-0.4, -0.2) is 15.8 Å². The quantitative estimate of drug-likeness (QED) is 0.685. The maximum atomic E-state index is 12.0. The van der Waals surface area contributed by atoms with Crippen LogP contribution in [0.5, 0.6) is 0 Å². The number of nitrogens with one attached hydrogen (secondary N) is 1. The Kier molecular flexibility index (Phi) is 2.08. The fourth-order valence-electron chi connectivity index (χ4n) is 1.59. The molecule has 4 heteroatoms. The summed E-state index contributed by atoms with van der Waals surface area (Å²) in [4.78, 5) is 20.0. The molecule has 0 radical (unpaired) electrons. The molecule has 3 aromatic heterocycles. The molecule has 78 valence electrons. The summed E-state index contributed by atoms with van der Waals surface area (Å²) >= 11 is 1.43. The number of ketones is 1. The Balaban J connectivity index is 2.09. The van der Waals surface area contributed by atoms with Crippen LogP contribution in [0.1, 0.15) is 15.4 Å². The molecule has 3 rings (SSSR count). The minimum atomic E-state index is -0.0218. The van der Waals surface area contributed by atoms with Crippen LogP contribution < -0.4 is 0 Å². The van der Waals surface area contributed by atoms with Crippen LogP contribution >= 0.6 is 11.3 Å². The molecule has 3 heterocycles. The summed E-state index contributed by atoms with van der Waals surface area (Å²) in [7, 11) is 0. The number of carbonyl (C=O) groups is 1. The Morgan fingerprint density at radius 2 is 2.19 bits per heavy atom. The average Bonchev–Trinajstić information content (AvgIpc) is 2.98. The molecule has 0 bridgehead atoms. The van der Waals surface area contributed by atoms with Gasteiger partial charge in [0.05, 0.1) is 4.88 Å². The summed E-state index contributed by atoms with van der Waals surface area (Å²) in [5.74, 6) is -0.0218. The van der Waals surface area contributed by atoms with Gasteiger partial charge in [-0.25, -0.2) is 4.98 Å². The van der Waals surface area contributed by atoms with Gasteiger partial charge in [-0.2, -0.15) is 0 Å². The first-order chi connectivity index (χ1) is 7.84. The molecular formula is C12H8N2OS. The first-order valence-corrected chi connectivity index (χ1v) is 5.75. The zero-order valence-corrected chi connectivity index (χ0v) is 9.12. The molecule has 0 saturated heterocycles. The molecule has 0 fully saturated rings. The molecular weight excluding hydrogens is 220 g/mol. The van der Waals surface area contributed by atoms with E-state index in [9.17, 15) is 4.79 Å². The number of H-pyrrole nitrogens is 1. The maximum absolute atomic E-state index is 12.0. The topological polar surface area (TPSA) is 45.8 Å². The van der Waals surface area contributed by atoms with Crippen molar-refractivity contribution in [3.8, 4) is 0 Å². The molecule has 0 aliphatic heterocycles. The van der Waals surface area contributed by atoms with E-state index >= 15 is 0 Å². The fraction of sp³-hybridized carbons (Fsp3) is 0. The third-order valence-electron chi connectivity index (χ3n) is 2.39. The van der Waals surface area contributed by atoms with Crippen molar-refractivity contribution < 1.29 is 4.79 Å². The second kappa shape index (κ2) is 3.57. The lowest BCUT2D eigenvalue weighted by Gasteiger charge is -1.97. The van der Waals surface area contributed by atoms with Crippen LogP contribution in [0.3, 0.4) is 0 Å². The van der Waals surface area contributed by atoms with E-state index in [1.807, 2.05) is 35.8 Å². The van der Waals surface area contributed by atoms with Crippen molar-refractivity contribution in [2.75, 3.05) is 0 Å². The lowest BCUT2D eigenvalue weighted by Crippen LogP contribution is -2.01. The average molecular weight is 228 g/mol. The highest BCUT2D eigenvalue weighted by Crippen LogP contribution is 2.16. The standard InChI is InChI=1S/C12H8N2OS/c15-11(10-2-1-7-16-10)9-4-3-8-5-6-13-12(8)14-9/h1-7H,(H,13,14). The van der Waals surface area contributed by atoms with Gasteiger partial charge in [-0.1, -0.05) is 6.07 Å². The highest BCUT2D eigenvalue weighted by atomic mass is 32.1. The monoisotopic (exact) mass is 228 g/mol. The number of nitrogens with zero attached hydrogens (tertiary/aromatic N) is 1. The summed E-state index contributed by atoms with van der Waals surface area (Å²) in [6.45, 7) is 0. The highest BCUT2D eigenvalue weighted by molar-refractivity contribution is 7.12. The Hall–Kier alpha value is -1.94. The number of rotatable bonds is 2. The zero-order valence-electron chi connectivity index (χ0n) is 8.31. The minimum Gasteiger partial charge on any atom is -0.346 e. The summed E-state index contributed by atoms with van der Waals surface area (Å²) in [6.07, 6.45) is 1.82. The second-order valence-electron chi connectivity index (χ2n) is 3.42. The number of fused-ring (bicyclic) bond motifs is 1. The van der Waals surface area contributed by atoms with Crippen molar-refractivity contribution in [3.05, 3.63) is 52.5 Å². The number of hydrogen-bond acceptors (Lipinski definition) is 3. The molecule has 0 aromatic carbocycles. The van der Waals surface area contributed by atoms with Gasteiger partial charge in [0.15, 0.2) is 0 Å². The van der Waals surface area contributed by atoms with Gasteiger partial charge in [-0.3, -0.25) is 4.79 Å². The first-order valence-electron chi connectivity index (χ1n) is 4.87. The molecule has 3 aromatic rings. The van der Waals surface area contributed by atoms with E-state index in [1.165, 1.54) is 11.3 Å². The number of pyridine rings is 1. The van der Waals surface area contributed by atoms with E-state index in [4.69, 9.17) is 0 Å². The van der Waals surface area contributed by atoms with Gasteiger partial charge in [0.2, 0.25) is 5.78 Å². The van der Waals surface area contributed by atoms with Crippen LogP contribution in [0.25, 0.3) is 11.0 Å². The summed E-state index contributed by atoms with van der Waals surface area (Å²) in [6, 6.07) is 9.28. The molecule has 0 atom stereocenters. The largest absolute Gasteiger partial charge is 0.346 e. The molecule has 16 heavy (non-hydrogen) atoms. The van der Waals surface area contributed by atoms with Crippen molar-refractivity contribution >= 4 is 28.2 Å². The van der Waals surface area contributed by atoms with Gasteiger partial charge >= 0.3 is 0 Å². The minimum absolute atomic E-state index is 0.0218. The van der Waals surface area contributed by atoms with E-state index < -0.39 is 0 Å². The predicted molar refractivity (Wildman–Crippen MR) is 63.8 cm³/mol. The molecule has 0 saturated carbocycles. The molecule has 0 amide bonds. The number of aromatic amines is 1. The Morgan fingerprint density at radius 1 is 1.25 bits per heavy atom. The normalized spacial score (nSPS) is 10.8. The van der Waals surface area contributed by atoms with Crippen molar-refractivity contribution in [2.24, 2.45) is 0 Å². The number of thiophene rings is 1. The van der Waals surface area contributed by atoms with Crippen molar-refractivity contribution in [1.29, 1.82) is 0 Å². The van der Waals surface area contributed by atoms with Gasteiger partial charge in [0, 0.05) is 11.6 Å². The number of aromatic nitrogens is 2. The fourth-order valence-corrected chi connectivity index (χ4v) is 2.26. The third-order valence-corrected chi connectivity index (χ3v) is 3.26. The van der Waals surface area contributed by atoms with Gasteiger partial charge in [-0.15, -0.1) is 11.3 Å². The van der Waals surface area contributed by atoms with Gasteiger partial charge in [0.25, 0.3) is 0 Å². The van der Waals surface area contributed by atoms with Gasteiger partial charge in [0.1, 0.15) is 11.3 Å². The van der Waals surface area contributed by atoms with E-state index in [-0.39, 0.29) is 5.78 Å². The van der Waals surface area contributed by atoms with Crippen LogP contribution in [0, 0.1) is 0 Å². The van der Waals surface area contributed by atoms with Crippen molar-refractivity contribution in [1.82, 2.24) is 9.97 Å². The molecule has 0 unspecified atom stereocenters.